The van der Waals surface area contributed by atoms with Crippen LogP contribution < -0.4 is 0 Å². The molecule has 23 heavy (non-hydrogen) atoms. The Morgan fingerprint density at radius 1 is 1.22 bits per heavy atom. The van der Waals surface area contributed by atoms with Crippen LogP contribution in [0.5, 0.6) is 0 Å². The Morgan fingerprint density at radius 2 is 2.00 bits per heavy atom. The van der Waals surface area contributed by atoms with Crippen LogP contribution in [0, 0.1) is 5.92 Å². The molecule has 0 bridgehead atoms. The summed E-state index contributed by atoms with van der Waals surface area (Å²) in [6.45, 7) is 2.22. The topological polar surface area (TPSA) is 40.2 Å². The monoisotopic (exact) mass is 326 g/mol. The summed E-state index contributed by atoms with van der Waals surface area (Å²) in [6.07, 6.45) is 1.38. The third-order valence-corrected chi connectivity index (χ3v) is 4.65. The van der Waals surface area contributed by atoms with Crippen LogP contribution in [0.15, 0.2) is 16.9 Å². The third-order valence-electron chi connectivity index (χ3n) is 4.65. The second-order valence-corrected chi connectivity index (χ2v) is 6.23. The molecule has 7 heteroatoms. The van der Waals surface area contributed by atoms with E-state index in [1.807, 2.05) is 6.20 Å². The second-order valence-electron chi connectivity index (χ2n) is 6.23. The first-order chi connectivity index (χ1) is 11.0. The molecule has 3 heterocycles. The van der Waals surface area contributed by atoms with Gasteiger partial charge in [-0.2, -0.15) is 18.3 Å². The molecule has 0 unspecified atom stereocenters. The molecule has 2 aromatic heterocycles. The summed E-state index contributed by atoms with van der Waals surface area (Å²) in [5.74, 6) is 0.858. The Bertz CT molecular complexity index is 711. The number of rotatable bonds is 2. The molecule has 0 N–H and O–H groups in total. The fraction of sp³-hybridized carbons (Fsp3) is 0.562. The summed E-state index contributed by atoms with van der Waals surface area (Å²) in [5.41, 5.74) is 0.713. The van der Waals surface area contributed by atoms with Crippen LogP contribution in [0.4, 0.5) is 13.2 Å². The van der Waals surface area contributed by atoms with E-state index < -0.39 is 11.7 Å². The molecule has 2 aliphatic rings. The van der Waals surface area contributed by atoms with Crippen molar-refractivity contribution in [3.05, 3.63) is 29.3 Å². The smallest absolute Gasteiger partial charge is 0.420 e. The summed E-state index contributed by atoms with van der Waals surface area (Å²) < 4.78 is 51.8. The van der Waals surface area contributed by atoms with Gasteiger partial charge in [0, 0.05) is 32.4 Å². The quantitative estimate of drug-likeness (QED) is 0.845. The molecule has 0 saturated carbocycles. The van der Waals surface area contributed by atoms with Gasteiger partial charge in [0.05, 0.1) is 11.3 Å². The van der Waals surface area contributed by atoms with Gasteiger partial charge >= 0.3 is 6.18 Å². The minimum Gasteiger partial charge on any atom is -0.468 e. The molecule has 0 atom stereocenters. The Hall–Kier alpha value is -1.76. The number of fused-ring (bicyclic) bond motifs is 3. The van der Waals surface area contributed by atoms with Crippen LogP contribution in [-0.2, 0) is 30.3 Å². The van der Waals surface area contributed by atoms with Crippen LogP contribution in [0.2, 0.25) is 0 Å². The molecular formula is C16H17F3N2O2. The van der Waals surface area contributed by atoms with Gasteiger partial charge < -0.3 is 9.15 Å². The fourth-order valence-electron chi connectivity index (χ4n) is 3.44. The van der Waals surface area contributed by atoms with Crippen molar-refractivity contribution in [3.63, 3.8) is 0 Å². The molecular weight excluding hydrogens is 309 g/mol. The van der Waals surface area contributed by atoms with Gasteiger partial charge in [-0.25, -0.2) is 0 Å². The van der Waals surface area contributed by atoms with E-state index in [1.54, 1.807) is 4.68 Å². The Kier molecular flexibility index (Phi) is 3.48. The molecule has 0 amide bonds. The maximum Gasteiger partial charge on any atom is 0.420 e. The van der Waals surface area contributed by atoms with Gasteiger partial charge in [0.15, 0.2) is 0 Å². The largest absolute Gasteiger partial charge is 0.468 e. The van der Waals surface area contributed by atoms with E-state index in [2.05, 4.69) is 5.10 Å². The van der Waals surface area contributed by atoms with Crippen LogP contribution >= 0.6 is 0 Å². The van der Waals surface area contributed by atoms with E-state index >= 15 is 0 Å². The number of nitrogens with zero attached hydrogens (tertiary/aromatic N) is 2. The van der Waals surface area contributed by atoms with Crippen molar-refractivity contribution in [2.75, 3.05) is 13.2 Å². The van der Waals surface area contributed by atoms with Gasteiger partial charge in [0.2, 0.25) is 0 Å². The van der Waals surface area contributed by atoms with E-state index in [4.69, 9.17) is 9.15 Å². The predicted octanol–water partition coefficient (Wildman–Crippen LogP) is 3.69. The van der Waals surface area contributed by atoms with Gasteiger partial charge in [-0.15, -0.1) is 0 Å². The second kappa shape index (κ2) is 5.40. The maximum atomic E-state index is 13.2. The minimum absolute atomic E-state index is 0.129. The lowest BCUT2D eigenvalue weighted by molar-refractivity contribution is -0.137. The lowest BCUT2D eigenvalue weighted by atomic mass is 9.94. The Labute approximate surface area is 131 Å². The average molecular weight is 326 g/mol. The summed E-state index contributed by atoms with van der Waals surface area (Å²) in [7, 11) is 0. The van der Waals surface area contributed by atoms with Crippen molar-refractivity contribution >= 4 is 0 Å². The lowest BCUT2D eigenvalue weighted by Gasteiger charge is -2.21. The van der Waals surface area contributed by atoms with Crippen LogP contribution in [0.25, 0.3) is 11.3 Å². The van der Waals surface area contributed by atoms with Crippen LogP contribution in [0.1, 0.15) is 29.7 Å². The van der Waals surface area contributed by atoms with E-state index in [0.29, 0.717) is 30.2 Å². The summed E-state index contributed by atoms with van der Waals surface area (Å²) >= 11 is 0. The third kappa shape index (κ3) is 2.67. The van der Waals surface area contributed by atoms with Gasteiger partial charge in [0.25, 0.3) is 0 Å². The van der Waals surface area contributed by atoms with E-state index in [1.165, 1.54) is 0 Å². The predicted molar refractivity (Wildman–Crippen MR) is 75.9 cm³/mol. The summed E-state index contributed by atoms with van der Waals surface area (Å²) in [6, 6.07) is 0. The number of alkyl halides is 3. The average Bonchev–Trinajstić information content (AvgIpc) is 3.10. The van der Waals surface area contributed by atoms with Crippen LogP contribution in [0.3, 0.4) is 0 Å². The van der Waals surface area contributed by atoms with E-state index in [-0.39, 0.29) is 5.56 Å². The zero-order chi connectivity index (χ0) is 16.0. The summed E-state index contributed by atoms with van der Waals surface area (Å²) in [4.78, 5) is 0. The highest BCUT2D eigenvalue weighted by atomic mass is 19.4. The number of hydrogen-bond acceptors (Lipinski definition) is 3. The molecule has 1 aliphatic heterocycles. The standard InChI is InChI=1S/C16H17F3N2O2/c17-16(18,19)12-9-23-13-2-1-11-8-21(20-15(11)14(12)13)7-10-3-5-22-6-4-10/h8-10H,1-7H2. The molecule has 0 spiro atoms. The molecule has 0 aromatic carbocycles. The first-order valence-electron chi connectivity index (χ1n) is 7.84. The van der Waals surface area contributed by atoms with Crippen molar-refractivity contribution < 1.29 is 22.3 Å². The Morgan fingerprint density at radius 3 is 2.74 bits per heavy atom. The minimum atomic E-state index is -4.42. The van der Waals surface area contributed by atoms with Crippen molar-refractivity contribution in [1.82, 2.24) is 9.78 Å². The van der Waals surface area contributed by atoms with Gasteiger partial charge in [-0.05, 0) is 30.7 Å². The van der Waals surface area contributed by atoms with Crippen molar-refractivity contribution in [1.29, 1.82) is 0 Å². The number of ether oxygens (including phenoxy) is 1. The maximum absolute atomic E-state index is 13.2. The number of aromatic nitrogens is 2. The van der Waals surface area contributed by atoms with Gasteiger partial charge in [-0.1, -0.05) is 0 Å². The molecule has 1 saturated heterocycles. The summed E-state index contributed by atoms with van der Waals surface area (Å²) in [5, 5.41) is 4.45. The lowest BCUT2D eigenvalue weighted by Crippen LogP contribution is -2.20. The molecule has 4 rings (SSSR count). The molecule has 1 fully saturated rings. The molecule has 4 nitrogen and oxygen atoms in total. The molecule has 124 valence electrons. The first-order valence-corrected chi connectivity index (χ1v) is 7.84. The normalized spacial score (nSPS) is 18.7. The SMILES string of the molecule is FC(F)(F)c1coc2c1-c1nn(CC3CCOCC3)cc1CC2. The van der Waals surface area contributed by atoms with Gasteiger partial charge in [0.1, 0.15) is 17.6 Å². The fourth-order valence-corrected chi connectivity index (χ4v) is 3.44. The molecule has 0 radical (unpaired) electrons. The molecule has 2 aromatic rings. The van der Waals surface area contributed by atoms with Crippen molar-refractivity contribution in [2.45, 2.75) is 38.4 Å². The first kappa shape index (κ1) is 14.8. The van der Waals surface area contributed by atoms with Crippen molar-refractivity contribution in [2.24, 2.45) is 5.92 Å². The Balaban J connectivity index is 1.67. The highest BCUT2D eigenvalue weighted by Crippen LogP contribution is 2.43. The molecule has 1 aliphatic carbocycles. The number of furan rings is 1. The number of halogens is 3. The number of aryl methyl sites for hydroxylation is 2. The van der Waals surface area contributed by atoms with Crippen LogP contribution in [-0.4, -0.2) is 23.0 Å². The van der Waals surface area contributed by atoms with Gasteiger partial charge in [-0.3, -0.25) is 4.68 Å². The zero-order valence-electron chi connectivity index (χ0n) is 12.5. The highest BCUT2D eigenvalue weighted by molar-refractivity contribution is 5.71. The van der Waals surface area contributed by atoms with E-state index in [0.717, 1.165) is 44.4 Å². The van der Waals surface area contributed by atoms with Crippen molar-refractivity contribution in [3.8, 4) is 11.3 Å². The van der Waals surface area contributed by atoms with E-state index in [9.17, 15) is 13.2 Å². The highest BCUT2D eigenvalue weighted by Gasteiger charge is 2.40. The number of hydrogen-bond donors (Lipinski definition) is 0. The zero-order valence-corrected chi connectivity index (χ0v) is 12.5.